The van der Waals surface area contributed by atoms with E-state index in [1.807, 2.05) is 50.9 Å². The maximum Gasteiger partial charge on any atom is 0.254 e. The molecule has 10 nitrogen and oxygen atoms in total. The molecule has 0 saturated carbocycles. The molecule has 2 aromatic heterocycles. The van der Waals surface area contributed by atoms with E-state index in [1.54, 1.807) is 25.4 Å². The molecule has 0 radical (unpaired) electrons. The molecule has 1 fully saturated rings. The number of aromatic nitrogens is 3. The third-order valence-electron chi connectivity index (χ3n) is 6.82. The molecule has 40 heavy (non-hydrogen) atoms. The number of hydrogen-bond donors (Lipinski definition) is 2. The van der Waals surface area contributed by atoms with E-state index in [9.17, 15) is 9.00 Å². The Balaban J connectivity index is 0.00000216. The van der Waals surface area contributed by atoms with Crippen LogP contribution in [0.3, 0.4) is 0 Å². The van der Waals surface area contributed by atoms with Crippen LogP contribution in [0.5, 0.6) is 0 Å². The maximum atomic E-state index is 13.3. The minimum atomic E-state index is -2.48. The number of methoxy groups -OCH3 is 1. The van der Waals surface area contributed by atoms with Crippen LogP contribution >= 0.6 is 0 Å². The molecule has 1 amide bonds. The predicted octanol–water partition coefficient (Wildman–Crippen LogP) is 4.45. The van der Waals surface area contributed by atoms with E-state index in [0.717, 1.165) is 48.6 Å². The monoisotopic (exact) mass is 569 g/mol. The molecule has 0 bridgehead atoms. The number of allylic oxidation sites excluding steroid dienone is 3. The van der Waals surface area contributed by atoms with E-state index >= 15 is 0 Å². The van der Waals surface area contributed by atoms with Crippen molar-refractivity contribution in [1.29, 1.82) is 0 Å². The number of carbonyl (C=O) groups excluding carboxylic acids is 1. The Kier molecular flexibility index (Phi) is 10.7. The largest absolute Gasteiger partial charge is 0.497 e. The summed E-state index contributed by atoms with van der Waals surface area (Å²) in [6.45, 7) is 12.2. The smallest absolute Gasteiger partial charge is 0.254 e. The first-order chi connectivity index (χ1) is 19.1. The average Bonchev–Trinajstić information content (AvgIpc) is 3.35. The number of anilines is 2. The highest BCUT2D eigenvalue weighted by Crippen LogP contribution is 2.30. The van der Waals surface area contributed by atoms with E-state index in [-0.39, 0.29) is 11.9 Å². The number of nitrogens with zero attached hydrogens (tertiary/aromatic N) is 5. The lowest BCUT2D eigenvalue weighted by Crippen LogP contribution is -2.50. The molecule has 1 saturated heterocycles. The van der Waals surface area contributed by atoms with Crippen LogP contribution in [0.2, 0.25) is 0 Å². The first-order valence-electron chi connectivity index (χ1n) is 13.7. The number of rotatable bonds is 8. The Morgan fingerprint density at radius 2 is 2.02 bits per heavy atom. The molecule has 0 spiro atoms. The molecule has 4 heterocycles. The number of pyridine rings is 1. The second-order valence-electron chi connectivity index (χ2n) is 9.98. The summed E-state index contributed by atoms with van der Waals surface area (Å²) in [5.74, 6) is 5.28. The fourth-order valence-corrected chi connectivity index (χ4v) is 5.52. The summed E-state index contributed by atoms with van der Waals surface area (Å²) < 4.78 is 20.0. The van der Waals surface area contributed by atoms with Crippen LogP contribution in [0, 0.1) is 0 Å². The molecule has 218 valence electrons. The third-order valence-corrected chi connectivity index (χ3v) is 7.46. The Morgan fingerprint density at radius 3 is 2.67 bits per heavy atom. The molecule has 2 aliphatic heterocycles. The van der Waals surface area contributed by atoms with Gasteiger partial charge in [-0.2, -0.15) is 0 Å². The van der Waals surface area contributed by atoms with Gasteiger partial charge in [0.1, 0.15) is 11.6 Å². The molecule has 0 aromatic carbocycles. The van der Waals surface area contributed by atoms with Crippen LogP contribution in [-0.2, 0) is 27.5 Å². The zero-order valence-corrected chi connectivity index (χ0v) is 25.5. The van der Waals surface area contributed by atoms with Crippen LogP contribution in [0.15, 0.2) is 48.1 Å². The van der Waals surface area contributed by atoms with Crippen LogP contribution in [0.4, 0.5) is 11.8 Å². The molecule has 1 unspecified atom stereocenters. The van der Waals surface area contributed by atoms with Crippen molar-refractivity contribution in [3.63, 3.8) is 0 Å². The molecule has 3 atom stereocenters. The molecule has 2 aromatic rings. The SMILES string of the molecule is C=S(C)(=O)Nc1cc(C(=O)N2CC[C@@H](N3Cc4cnc(N/C(C)=C/C(=C\C)OC)nc4C3)C[C@H]2C)ccn1.CC. The number of fused-ring (bicyclic) bond motifs is 1. The standard InChI is InChI=1S/C27H37N7O3S.C2H6/c1-7-23(37-4)12-18(2)30-27-29-15-21-16-33(17-24(21)31-27)22-9-11-34(19(3)13-22)26(35)20-8-10-28-25(14-20)32-38(5,6)36;1-2/h7-8,10,12,14-15,19,22H,5,9,11,13,16-17H2,1-4,6H3,(H,28,32,36)(H,29,30,31);1-2H3/b18-12+,23-7+;/t19-,22-,38?;/m1./s1. The van der Waals surface area contributed by atoms with Crippen molar-refractivity contribution in [1.82, 2.24) is 24.8 Å². The summed E-state index contributed by atoms with van der Waals surface area (Å²) in [7, 11) is -0.835. The van der Waals surface area contributed by atoms with Crippen molar-refractivity contribution in [2.75, 3.05) is 29.9 Å². The molecule has 2 aliphatic rings. The van der Waals surface area contributed by atoms with Gasteiger partial charge in [-0.05, 0) is 63.8 Å². The number of ether oxygens (including phenoxy) is 1. The lowest BCUT2D eigenvalue weighted by molar-refractivity contribution is 0.0460. The van der Waals surface area contributed by atoms with Crippen LogP contribution in [-0.4, -0.2) is 72.7 Å². The Labute approximate surface area is 239 Å². The summed E-state index contributed by atoms with van der Waals surface area (Å²) in [6, 6.07) is 3.77. The second-order valence-corrected chi connectivity index (χ2v) is 12.2. The van der Waals surface area contributed by atoms with E-state index < -0.39 is 9.71 Å². The lowest BCUT2D eigenvalue weighted by atomic mass is 9.96. The molecular formula is C29H43N7O3S. The number of piperidine rings is 1. The minimum Gasteiger partial charge on any atom is -0.497 e. The average molecular weight is 570 g/mol. The molecular weight excluding hydrogens is 526 g/mol. The van der Waals surface area contributed by atoms with Crippen molar-refractivity contribution < 1.29 is 13.7 Å². The molecule has 0 aliphatic carbocycles. The van der Waals surface area contributed by atoms with Gasteiger partial charge in [-0.1, -0.05) is 13.8 Å². The fourth-order valence-electron chi connectivity index (χ4n) is 4.97. The first kappa shape index (κ1) is 31.1. The number of hydrogen-bond acceptors (Lipinski definition) is 8. The number of likely N-dealkylation sites (tertiary alicyclic amines) is 1. The summed E-state index contributed by atoms with van der Waals surface area (Å²) >= 11 is 0. The molecule has 2 N–H and O–H groups in total. The van der Waals surface area contributed by atoms with Crippen LogP contribution < -0.4 is 10.0 Å². The van der Waals surface area contributed by atoms with Crippen molar-refractivity contribution in [3.05, 3.63) is 65.0 Å². The van der Waals surface area contributed by atoms with Gasteiger partial charge >= 0.3 is 0 Å². The van der Waals surface area contributed by atoms with Crippen molar-refractivity contribution in [3.8, 4) is 0 Å². The Hall–Kier alpha value is -3.44. The molecule has 4 rings (SSSR count). The van der Waals surface area contributed by atoms with Crippen molar-refractivity contribution in [2.24, 2.45) is 0 Å². The minimum absolute atomic E-state index is 0.0441. The van der Waals surface area contributed by atoms with Gasteiger partial charge in [0.15, 0.2) is 0 Å². The van der Waals surface area contributed by atoms with Gasteiger partial charge in [0.05, 0.1) is 12.8 Å². The maximum absolute atomic E-state index is 13.3. The Bertz CT molecular complexity index is 1360. The lowest BCUT2D eigenvalue weighted by Gasteiger charge is -2.41. The van der Waals surface area contributed by atoms with Gasteiger partial charge in [-0.3, -0.25) is 14.4 Å². The normalized spacial score (nSPS) is 21.0. The van der Waals surface area contributed by atoms with Gasteiger partial charge in [0.25, 0.3) is 5.91 Å². The number of carbonyl (C=O) groups is 1. The quantitative estimate of drug-likeness (QED) is 0.273. The molecule has 11 heteroatoms. The van der Waals surface area contributed by atoms with Gasteiger partial charge in [0, 0.05) is 76.9 Å². The Morgan fingerprint density at radius 1 is 1.27 bits per heavy atom. The zero-order chi connectivity index (χ0) is 29.4. The van der Waals surface area contributed by atoms with E-state index in [0.29, 0.717) is 29.9 Å². The highest BCUT2D eigenvalue weighted by atomic mass is 32.2. The number of nitrogens with one attached hydrogen (secondary N) is 2. The zero-order valence-electron chi connectivity index (χ0n) is 24.7. The van der Waals surface area contributed by atoms with Gasteiger partial charge in [-0.15, -0.1) is 0 Å². The topological polar surface area (TPSA) is 113 Å². The van der Waals surface area contributed by atoms with Crippen LogP contribution in [0.1, 0.15) is 69.1 Å². The number of amides is 1. The fraction of sp³-hybridized carbons (Fsp3) is 0.483. The summed E-state index contributed by atoms with van der Waals surface area (Å²) in [5, 5.41) is 3.25. The summed E-state index contributed by atoms with van der Waals surface area (Å²) in [5.41, 5.74) is 3.60. The van der Waals surface area contributed by atoms with E-state index in [1.165, 1.54) is 6.26 Å². The third kappa shape index (κ3) is 8.04. The first-order valence-corrected chi connectivity index (χ1v) is 15.8. The second kappa shape index (κ2) is 13.8. The van der Waals surface area contributed by atoms with Gasteiger partial charge < -0.3 is 15.0 Å². The predicted molar refractivity (Wildman–Crippen MR) is 163 cm³/mol. The van der Waals surface area contributed by atoms with Crippen molar-refractivity contribution in [2.45, 2.75) is 72.6 Å². The van der Waals surface area contributed by atoms with Gasteiger partial charge in [-0.25, -0.2) is 19.2 Å². The van der Waals surface area contributed by atoms with E-state index in [4.69, 9.17) is 9.72 Å². The van der Waals surface area contributed by atoms with Crippen molar-refractivity contribution >= 4 is 33.3 Å². The van der Waals surface area contributed by atoms with E-state index in [2.05, 4.69) is 37.7 Å². The summed E-state index contributed by atoms with van der Waals surface area (Å²) in [4.78, 5) is 31.1. The van der Waals surface area contributed by atoms with Crippen LogP contribution in [0.25, 0.3) is 0 Å². The highest BCUT2D eigenvalue weighted by molar-refractivity contribution is 8.00. The highest BCUT2D eigenvalue weighted by Gasteiger charge is 2.35. The summed E-state index contributed by atoms with van der Waals surface area (Å²) in [6.07, 6.45) is 10.5. The van der Waals surface area contributed by atoms with Gasteiger partial charge in [0.2, 0.25) is 5.95 Å².